The predicted molar refractivity (Wildman–Crippen MR) is 80.1 cm³/mol. The largest absolute Gasteiger partial charge is 0.493 e. The number of aryl methyl sites for hydroxylation is 2. The summed E-state index contributed by atoms with van der Waals surface area (Å²) in [6, 6.07) is 5.58. The second-order valence-electron chi connectivity index (χ2n) is 4.72. The maximum atomic E-state index is 12.2. The number of aromatic nitrogens is 2. The van der Waals surface area contributed by atoms with Gasteiger partial charge < -0.3 is 14.8 Å². The van der Waals surface area contributed by atoms with Gasteiger partial charge >= 0.3 is 6.43 Å². The molecule has 1 N–H and O–H groups in total. The van der Waals surface area contributed by atoms with E-state index in [0.717, 1.165) is 5.56 Å². The number of carbonyl (C=O) groups excluding carboxylic acids is 1. The van der Waals surface area contributed by atoms with Gasteiger partial charge in [-0.1, -0.05) is 6.07 Å². The average molecular weight is 325 g/mol. The molecular formula is C15H17F2N3O3. The van der Waals surface area contributed by atoms with Crippen molar-refractivity contribution in [2.24, 2.45) is 0 Å². The maximum absolute atomic E-state index is 12.2. The van der Waals surface area contributed by atoms with Gasteiger partial charge in [-0.25, -0.2) is 0 Å². The van der Waals surface area contributed by atoms with Crippen LogP contribution in [0.1, 0.15) is 5.56 Å². The number of carbonyl (C=O) groups is 1. The summed E-state index contributed by atoms with van der Waals surface area (Å²) >= 11 is 0. The third-order valence-corrected chi connectivity index (χ3v) is 3.18. The van der Waals surface area contributed by atoms with Crippen LogP contribution in [-0.2, 0) is 17.8 Å². The second-order valence-corrected chi connectivity index (χ2v) is 4.72. The maximum Gasteiger partial charge on any atom is 0.315 e. The first-order chi connectivity index (χ1) is 11.0. The SMILES string of the molecule is COc1ccc(CCn2cc(NC(=O)C(F)F)cn2)cc1OC. The van der Waals surface area contributed by atoms with E-state index in [0.29, 0.717) is 24.5 Å². The number of nitrogens with one attached hydrogen (secondary N) is 1. The van der Waals surface area contributed by atoms with Gasteiger partial charge in [0.05, 0.1) is 26.1 Å². The summed E-state index contributed by atoms with van der Waals surface area (Å²) in [5, 5.41) is 6.11. The van der Waals surface area contributed by atoms with Crippen molar-refractivity contribution >= 4 is 11.6 Å². The first-order valence-corrected chi connectivity index (χ1v) is 6.86. The molecule has 0 aliphatic rings. The normalized spacial score (nSPS) is 10.7. The summed E-state index contributed by atoms with van der Waals surface area (Å²) in [5.74, 6) is -0.0628. The van der Waals surface area contributed by atoms with Gasteiger partial charge in [0, 0.05) is 12.7 Å². The number of alkyl halides is 2. The summed E-state index contributed by atoms with van der Waals surface area (Å²) in [7, 11) is 3.13. The lowest BCUT2D eigenvalue weighted by molar-refractivity contribution is -0.126. The Hall–Kier alpha value is -2.64. The van der Waals surface area contributed by atoms with Gasteiger partial charge in [-0.3, -0.25) is 9.48 Å². The van der Waals surface area contributed by atoms with Gasteiger partial charge in [0.2, 0.25) is 0 Å². The van der Waals surface area contributed by atoms with Crippen molar-refractivity contribution in [1.29, 1.82) is 0 Å². The van der Waals surface area contributed by atoms with Crippen molar-refractivity contribution in [3.63, 3.8) is 0 Å². The molecule has 0 spiro atoms. The van der Waals surface area contributed by atoms with Gasteiger partial charge in [-0.2, -0.15) is 13.9 Å². The number of benzene rings is 1. The topological polar surface area (TPSA) is 65.4 Å². The molecular weight excluding hydrogens is 308 g/mol. The van der Waals surface area contributed by atoms with E-state index in [1.165, 1.54) is 12.4 Å². The number of nitrogens with zero attached hydrogens (tertiary/aromatic N) is 2. The molecule has 124 valence electrons. The minimum absolute atomic E-state index is 0.239. The van der Waals surface area contributed by atoms with Crippen molar-refractivity contribution in [3.8, 4) is 11.5 Å². The Labute approximate surface area is 132 Å². The van der Waals surface area contributed by atoms with E-state index in [-0.39, 0.29) is 5.69 Å². The molecule has 0 aliphatic heterocycles. The van der Waals surface area contributed by atoms with Gasteiger partial charge in [0.15, 0.2) is 11.5 Å². The van der Waals surface area contributed by atoms with E-state index in [4.69, 9.17) is 9.47 Å². The molecule has 2 aromatic rings. The number of amides is 1. The van der Waals surface area contributed by atoms with Crippen LogP contribution in [0, 0.1) is 0 Å². The Balaban J connectivity index is 1.96. The summed E-state index contributed by atoms with van der Waals surface area (Å²) in [4.78, 5) is 10.9. The predicted octanol–water partition coefficient (Wildman–Crippen LogP) is 2.35. The van der Waals surface area contributed by atoms with E-state index in [9.17, 15) is 13.6 Å². The molecule has 0 aliphatic carbocycles. The molecule has 23 heavy (non-hydrogen) atoms. The number of methoxy groups -OCH3 is 2. The summed E-state index contributed by atoms with van der Waals surface area (Å²) < 4.78 is 36.3. The van der Waals surface area contributed by atoms with E-state index < -0.39 is 12.3 Å². The fourth-order valence-corrected chi connectivity index (χ4v) is 2.03. The minimum atomic E-state index is -3.05. The molecule has 0 saturated heterocycles. The number of rotatable bonds is 7. The van der Waals surface area contributed by atoms with E-state index in [1.807, 2.05) is 18.2 Å². The Morgan fingerprint density at radius 1 is 1.30 bits per heavy atom. The van der Waals surface area contributed by atoms with E-state index >= 15 is 0 Å². The molecule has 0 fully saturated rings. The summed E-state index contributed by atoms with van der Waals surface area (Å²) in [5.41, 5.74) is 1.25. The van der Waals surface area contributed by atoms with Crippen molar-refractivity contribution in [2.75, 3.05) is 19.5 Å². The van der Waals surface area contributed by atoms with Crippen LogP contribution in [0.4, 0.5) is 14.5 Å². The fraction of sp³-hybridized carbons (Fsp3) is 0.333. The number of anilines is 1. The number of hydrogen-bond donors (Lipinski definition) is 1. The molecule has 0 saturated carbocycles. The molecule has 1 aromatic carbocycles. The quantitative estimate of drug-likeness (QED) is 0.849. The van der Waals surface area contributed by atoms with Crippen molar-refractivity contribution in [2.45, 2.75) is 19.4 Å². The van der Waals surface area contributed by atoms with Gasteiger partial charge in [0.1, 0.15) is 0 Å². The van der Waals surface area contributed by atoms with Crippen LogP contribution in [-0.4, -0.2) is 36.3 Å². The van der Waals surface area contributed by atoms with Crippen molar-refractivity contribution < 1.29 is 23.0 Å². The van der Waals surface area contributed by atoms with E-state index in [2.05, 4.69) is 10.4 Å². The molecule has 6 nitrogen and oxygen atoms in total. The number of ether oxygens (including phenoxy) is 2. The molecule has 1 aromatic heterocycles. The standard InChI is InChI=1S/C15H17F2N3O3/c1-22-12-4-3-10(7-13(12)23-2)5-6-20-9-11(8-18-20)19-15(21)14(16)17/h3-4,7-9,14H,5-6H2,1-2H3,(H,19,21). The van der Waals surface area contributed by atoms with Gasteiger partial charge in [-0.05, 0) is 24.1 Å². The molecule has 0 unspecified atom stereocenters. The van der Waals surface area contributed by atoms with Gasteiger partial charge in [-0.15, -0.1) is 0 Å². The molecule has 2 rings (SSSR count). The summed E-state index contributed by atoms with van der Waals surface area (Å²) in [6.45, 7) is 0.528. The Bertz CT molecular complexity index is 674. The third kappa shape index (κ3) is 4.41. The zero-order chi connectivity index (χ0) is 16.8. The van der Waals surface area contributed by atoms with Crippen LogP contribution >= 0.6 is 0 Å². The molecule has 0 radical (unpaired) electrons. The number of halogens is 2. The minimum Gasteiger partial charge on any atom is -0.493 e. The van der Waals surface area contributed by atoms with Crippen molar-refractivity contribution in [1.82, 2.24) is 9.78 Å². The van der Waals surface area contributed by atoms with Gasteiger partial charge in [0.25, 0.3) is 5.91 Å². The lowest BCUT2D eigenvalue weighted by Gasteiger charge is -2.09. The molecule has 0 bridgehead atoms. The number of hydrogen-bond acceptors (Lipinski definition) is 4. The summed E-state index contributed by atoms with van der Waals surface area (Å²) in [6.07, 6.45) is 0.435. The van der Waals surface area contributed by atoms with Crippen molar-refractivity contribution in [3.05, 3.63) is 36.2 Å². The van der Waals surface area contributed by atoms with Crippen LogP contribution in [0.15, 0.2) is 30.6 Å². The van der Waals surface area contributed by atoms with E-state index in [1.54, 1.807) is 18.9 Å². The average Bonchev–Trinajstić information content (AvgIpc) is 2.99. The highest BCUT2D eigenvalue weighted by Gasteiger charge is 2.15. The van der Waals surface area contributed by atoms with Crippen LogP contribution in [0.5, 0.6) is 11.5 Å². The van der Waals surface area contributed by atoms with Crippen LogP contribution in [0.3, 0.4) is 0 Å². The zero-order valence-corrected chi connectivity index (χ0v) is 12.8. The third-order valence-electron chi connectivity index (χ3n) is 3.18. The highest BCUT2D eigenvalue weighted by Crippen LogP contribution is 2.27. The second kappa shape index (κ2) is 7.57. The Morgan fingerprint density at radius 2 is 2.04 bits per heavy atom. The monoisotopic (exact) mass is 325 g/mol. The molecule has 1 heterocycles. The lowest BCUT2D eigenvalue weighted by atomic mass is 10.1. The molecule has 0 atom stereocenters. The first-order valence-electron chi connectivity index (χ1n) is 6.86. The van der Waals surface area contributed by atoms with Crippen LogP contribution < -0.4 is 14.8 Å². The highest BCUT2D eigenvalue weighted by atomic mass is 19.3. The Kier molecular flexibility index (Phi) is 5.51. The lowest BCUT2D eigenvalue weighted by Crippen LogP contribution is -2.19. The zero-order valence-electron chi connectivity index (χ0n) is 12.8. The van der Waals surface area contributed by atoms with Crippen LogP contribution in [0.25, 0.3) is 0 Å². The molecule has 1 amide bonds. The molecule has 8 heteroatoms. The fourth-order valence-electron chi connectivity index (χ4n) is 2.03. The first kappa shape index (κ1) is 16.7. The Morgan fingerprint density at radius 3 is 2.70 bits per heavy atom. The van der Waals surface area contributed by atoms with Crippen LogP contribution in [0.2, 0.25) is 0 Å². The highest BCUT2D eigenvalue weighted by molar-refractivity contribution is 5.92. The smallest absolute Gasteiger partial charge is 0.315 e.